The fourth-order valence-electron chi connectivity index (χ4n) is 2.55. The molecule has 0 aromatic heterocycles. The summed E-state index contributed by atoms with van der Waals surface area (Å²) in [4.78, 5) is 4.29. The number of aliphatic imine (C=N–C) groups is 1. The first-order valence-corrected chi connectivity index (χ1v) is 8.96. The number of methoxy groups -OCH3 is 1. The number of hydrogen-bond acceptors (Lipinski definition) is 3. The van der Waals surface area contributed by atoms with E-state index in [-0.39, 0.29) is 24.0 Å². The second-order valence-electron chi connectivity index (χ2n) is 6.04. The molecular formula is C21H30IN3O2. The minimum absolute atomic E-state index is 0. The molecule has 0 saturated heterocycles. The van der Waals surface area contributed by atoms with Crippen LogP contribution in [0.15, 0.2) is 47.5 Å². The summed E-state index contributed by atoms with van der Waals surface area (Å²) in [7, 11) is 3.43. The number of hydrogen-bond donors (Lipinski definition) is 2. The first kappa shape index (κ1) is 23.1. The Balaban J connectivity index is 0.00000364. The second kappa shape index (κ2) is 12.4. The predicted molar refractivity (Wildman–Crippen MR) is 122 cm³/mol. The van der Waals surface area contributed by atoms with Gasteiger partial charge in [-0.2, -0.15) is 0 Å². The van der Waals surface area contributed by atoms with Crippen molar-refractivity contribution in [1.29, 1.82) is 0 Å². The van der Waals surface area contributed by atoms with Crippen LogP contribution < -0.4 is 20.1 Å². The molecule has 0 spiro atoms. The molecular weight excluding hydrogens is 453 g/mol. The molecule has 0 radical (unpaired) electrons. The SMILES string of the molecule is CCCOc1ccc(CNC(=NC)NCc2ccccc2C)cc1OC.I. The molecule has 2 N–H and O–H groups in total. The number of halogens is 1. The van der Waals surface area contributed by atoms with Crippen LogP contribution in [0.4, 0.5) is 0 Å². The summed E-state index contributed by atoms with van der Waals surface area (Å²) in [6.45, 7) is 6.27. The third kappa shape index (κ3) is 7.28. The largest absolute Gasteiger partial charge is 0.493 e. The maximum atomic E-state index is 5.70. The number of aryl methyl sites for hydroxylation is 1. The molecule has 0 amide bonds. The predicted octanol–water partition coefficient (Wildman–Crippen LogP) is 4.28. The monoisotopic (exact) mass is 483 g/mol. The minimum atomic E-state index is 0. The Kier molecular flexibility index (Phi) is 10.6. The zero-order valence-corrected chi connectivity index (χ0v) is 18.9. The number of benzene rings is 2. The van der Waals surface area contributed by atoms with Crippen molar-refractivity contribution in [1.82, 2.24) is 10.6 Å². The van der Waals surface area contributed by atoms with Gasteiger partial charge in [0.05, 0.1) is 13.7 Å². The van der Waals surface area contributed by atoms with Crippen LogP contribution in [0.2, 0.25) is 0 Å². The lowest BCUT2D eigenvalue weighted by atomic mass is 10.1. The molecule has 2 aromatic rings. The van der Waals surface area contributed by atoms with Gasteiger partial charge in [-0.15, -0.1) is 24.0 Å². The van der Waals surface area contributed by atoms with E-state index < -0.39 is 0 Å². The average Bonchev–Trinajstić information content (AvgIpc) is 2.68. The van der Waals surface area contributed by atoms with Gasteiger partial charge < -0.3 is 20.1 Å². The maximum absolute atomic E-state index is 5.70. The molecule has 0 saturated carbocycles. The number of nitrogens with one attached hydrogen (secondary N) is 2. The molecule has 0 fully saturated rings. The van der Waals surface area contributed by atoms with Gasteiger partial charge >= 0.3 is 0 Å². The van der Waals surface area contributed by atoms with E-state index in [4.69, 9.17) is 9.47 Å². The fraction of sp³-hybridized carbons (Fsp3) is 0.381. The molecule has 0 aliphatic rings. The van der Waals surface area contributed by atoms with Gasteiger partial charge in [0.2, 0.25) is 0 Å². The Morgan fingerprint density at radius 2 is 1.78 bits per heavy atom. The van der Waals surface area contributed by atoms with Crippen LogP contribution in [0.3, 0.4) is 0 Å². The second-order valence-corrected chi connectivity index (χ2v) is 6.04. The lowest BCUT2D eigenvalue weighted by molar-refractivity contribution is 0.294. The Labute approximate surface area is 179 Å². The quantitative estimate of drug-likeness (QED) is 0.335. The molecule has 0 unspecified atom stereocenters. The van der Waals surface area contributed by atoms with Crippen molar-refractivity contribution < 1.29 is 9.47 Å². The topological polar surface area (TPSA) is 54.9 Å². The van der Waals surface area contributed by atoms with Crippen LogP contribution in [-0.2, 0) is 13.1 Å². The Morgan fingerprint density at radius 1 is 1.04 bits per heavy atom. The summed E-state index contributed by atoms with van der Waals surface area (Å²) in [5.74, 6) is 2.29. The van der Waals surface area contributed by atoms with Gasteiger partial charge in [0, 0.05) is 20.1 Å². The van der Waals surface area contributed by atoms with Gasteiger partial charge in [-0.3, -0.25) is 4.99 Å². The lowest BCUT2D eigenvalue weighted by Crippen LogP contribution is -2.36. The van der Waals surface area contributed by atoms with Crippen molar-refractivity contribution in [3.8, 4) is 11.5 Å². The summed E-state index contributed by atoms with van der Waals surface area (Å²) in [6, 6.07) is 14.3. The molecule has 2 aromatic carbocycles. The van der Waals surface area contributed by atoms with E-state index in [1.54, 1.807) is 14.2 Å². The number of guanidine groups is 1. The highest BCUT2D eigenvalue weighted by Crippen LogP contribution is 2.28. The molecule has 0 aliphatic heterocycles. The van der Waals surface area contributed by atoms with E-state index >= 15 is 0 Å². The van der Waals surface area contributed by atoms with Crippen LogP contribution >= 0.6 is 24.0 Å². The molecule has 0 bridgehead atoms. The first-order chi connectivity index (χ1) is 12.7. The molecule has 27 heavy (non-hydrogen) atoms. The molecule has 2 rings (SSSR count). The Bertz CT molecular complexity index is 735. The van der Waals surface area contributed by atoms with Crippen LogP contribution in [0.5, 0.6) is 11.5 Å². The zero-order chi connectivity index (χ0) is 18.8. The smallest absolute Gasteiger partial charge is 0.191 e. The Morgan fingerprint density at radius 3 is 2.44 bits per heavy atom. The molecule has 6 heteroatoms. The molecule has 0 heterocycles. The van der Waals surface area contributed by atoms with Crippen LogP contribution in [0, 0.1) is 6.92 Å². The number of rotatable bonds is 8. The highest BCUT2D eigenvalue weighted by Gasteiger charge is 2.06. The van der Waals surface area contributed by atoms with Crippen molar-refractivity contribution in [2.75, 3.05) is 20.8 Å². The van der Waals surface area contributed by atoms with Crippen molar-refractivity contribution >= 4 is 29.9 Å². The van der Waals surface area contributed by atoms with E-state index in [1.807, 2.05) is 24.3 Å². The summed E-state index contributed by atoms with van der Waals surface area (Å²) in [5, 5.41) is 6.68. The van der Waals surface area contributed by atoms with Gasteiger partial charge in [0.25, 0.3) is 0 Å². The highest BCUT2D eigenvalue weighted by molar-refractivity contribution is 14.0. The van der Waals surface area contributed by atoms with Gasteiger partial charge in [0.1, 0.15) is 0 Å². The molecule has 148 valence electrons. The van der Waals surface area contributed by atoms with E-state index in [1.165, 1.54) is 11.1 Å². The summed E-state index contributed by atoms with van der Waals surface area (Å²) in [5.41, 5.74) is 3.63. The van der Waals surface area contributed by atoms with Gasteiger partial charge in [-0.05, 0) is 42.2 Å². The molecule has 0 atom stereocenters. The Hall–Kier alpha value is -1.96. The van der Waals surface area contributed by atoms with Crippen molar-refractivity contribution in [2.45, 2.75) is 33.4 Å². The lowest BCUT2D eigenvalue weighted by Gasteiger charge is -2.15. The average molecular weight is 483 g/mol. The third-order valence-corrected chi connectivity index (χ3v) is 4.08. The van der Waals surface area contributed by atoms with Crippen molar-refractivity contribution in [3.05, 3.63) is 59.2 Å². The maximum Gasteiger partial charge on any atom is 0.191 e. The van der Waals surface area contributed by atoms with Crippen molar-refractivity contribution in [3.63, 3.8) is 0 Å². The minimum Gasteiger partial charge on any atom is -0.493 e. The van der Waals surface area contributed by atoms with Crippen LogP contribution in [0.1, 0.15) is 30.0 Å². The highest BCUT2D eigenvalue weighted by atomic mass is 127. The summed E-state index contributed by atoms with van der Waals surface area (Å²) >= 11 is 0. The van der Waals surface area contributed by atoms with E-state index in [9.17, 15) is 0 Å². The normalized spacial score (nSPS) is 10.7. The third-order valence-electron chi connectivity index (χ3n) is 4.08. The zero-order valence-electron chi connectivity index (χ0n) is 16.5. The van der Waals surface area contributed by atoms with E-state index in [2.05, 4.69) is 47.7 Å². The van der Waals surface area contributed by atoms with Crippen LogP contribution in [-0.4, -0.2) is 26.7 Å². The van der Waals surface area contributed by atoms with Gasteiger partial charge in [-0.25, -0.2) is 0 Å². The van der Waals surface area contributed by atoms with E-state index in [0.717, 1.165) is 36.0 Å². The van der Waals surface area contributed by atoms with Crippen molar-refractivity contribution in [2.24, 2.45) is 4.99 Å². The van der Waals surface area contributed by atoms with Crippen LogP contribution in [0.25, 0.3) is 0 Å². The fourth-order valence-corrected chi connectivity index (χ4v) is 2.55. The van der Waals surface area contributed by atoms with Gasteiger partial charge in [0.15, 0.2) is 17.5 Å². The standard InChI is InChI=1S/C21H29N3O2.HI/c1-5-12-26-19-11-10-17(13-20(19)25-4)14-23-21(22-3)24-15-18-9-7-6-8-16(18)2;/h6-11,13H,5,12,14-15H2,1-4H3,(H2,22,23,24);1H. The molecule has 5 nitrogen and oxygen atoms in total. The molecule has 0 aliphatic carbocycles. The number of nitrogens with zero attached hydrogens (tertiary/aromatic N) is 1. The summed E-state index contributed by atoms with van der Waals surface area (Å²) in [6.07, 6.45) is 0.968. The summed E-state index contributed by atoms with van der Waals surface area (Å²) < 4.78 is 11.1. The van der Waals surface area contributed by atoms with E-state index in [0.29, 0.717) is 13.2 Å². The first-order valence-electron chi connectivity index (χ1n) is 8.96. The van der Waals surface area contributed by atoms with Gasteiger partial charge in [-0.1, -0.05) is 37.3 Å². The number of ether oxygens (including phenoxy) is 2.